The summed E-state index contributed by atoms with van der Waals surface area (Å²) < 4.78 is 0. The van der Waals surface area contributed by atoms with Gasteiger partial charge in [-0.1, -0.05) is 0 Å². The lowest BCUT2D eigenvalue weighted by molar-refractivity contribution is -0.140. The Hall–Kier alpha value is -2.65. The molecule has 0 aromatic heterocycles. The van der Waals surface area contributed by atoms with E-state index in [9.17, 15) is 24.0 Å². The minimum Gasteiger partial charge on any atom is -0.481 e. The number of nitrogens with one attached hydrogen (secondary N) is 2. The summed E-state index contributed by atoms with van der Waals surface area (Å²) in [4.78, 5) is 56.0. The highest BCUT2D eigenvalue weighted by Crippen LogP contribution is 2.01. The summed E-state index contributed by atoms with van der Waals surface area (Å²) in [7, 11) is 0. The molecule has 1 rings (SSSR count). The van der Waals surface area contributed by atoms with Crippen LogP contribution < -0.4 is 10.6 Å². The van der Waals surface area contributed by atoms with E-state index in [4.69, 9.17) is 10.2 Å². The van der Waals surface area contributed by atoms with E-state index in [1.165, 1.54) is 0 Å². The van der Waals surface area contributed by atoms with Crippen molar-refractivity contribution in [3.63, 3.8) is 0 Å². The number of urea groups is 1. The van der Waals surface area contributed by atoms with E-state index in [0.29, 0.717) is 0 Å². The highest BCUT2D eigenvalue weighted by molar-refractivity contribution is 6.02. The molecule has 1 unspecified atom stereocenters. The van der Waals surface area contributed by atoms with E-state index >= 15 is 0 Å². The van der Waals surface area contributed by atoms with Crippen molar-refractivity contribution in [3.05, 3.63) is 0 Å². The molecule has 4 N–H and O–H groups in total. The SMILES string of the molecule is O=C(O)CCC(NC(=O)N1CC(=O)NC(=O)C1)C(=O)O. The highest BCUT2D eigenvalue weighted by Gasteiger charge is 2.29. The molecule has 10 heteroatoms. The van der Waals surface area contributed by atoms with Crippen molar-refractivity contribution in [2.75, 3.05) is 13.1 Å². The monoisotopic (exact) mass is 287 g/mol. The fourth-order valence-electron chi connectivity index (χ4n) is 1.55. The Morgan fingerprint density at radius 1 is 1.20 bits per heavy atom. The number of hydrogen-bond donors (Lipinski definition) is 4. The fraction of sp³-hybridized carbons (Fsp3) is 0.500. The number of carboxylic acid groups (broad SMARTS) is 2. The Kier molecular flexibility index (Phi) is 5.01. The van der Waals surface area contributed by atoms with Gasteiger partial charge in [-0.3, -0.25) is 19.7 Å². The van der Waals surface area contributed by atoms with E-state index < -0.39 is 42.2 Å². The smallest absolute Gasteiger partial charge is 0.326 e. The van der Waals surface area contributed by atoms with E-state index in [2.05, 4.69) is 5.32 Å². The number of aliphatic carboxylic acids is 2. The topological polar surface area (TPSA) is 153 Å². The van der Waals surface area contributed by atoms with Gasteiger partial charge < -0.3 is 20.4 Å². The van der Waals surface area contributed by atoms with Gasteiger partial charge in [-0.15, -0.1) is 0 Å². The van der Waals surface area contributed by atoms with Crippen molar-refractivity contribution in [2.24, 2.45) is 0 Å². The predicted molar refractivity (Wildman–Crippen MR) is 61.5 cm³/mol. The first kappa shape index (κ1) is 15.4. The molecule has 20 heavy (non-hydrogen) atoms. The predicted octanol–water partition coefficient (Wildman–Crippen LogP) is -2.03. The second kappa shape index (κ2) is 6.50. The van der Waals surface area contributed by atoms with Crippen molar-refractivity contribution in [1.29, 1.82) is 0 Å². The van der Waals surface area contributed by atoms with Crippen LogP contribution in [0.5, 0.6) is 0 Å². The second-order valence-electron chi connectivity index (χ2n) is 4.10. The Morgan fingerprint density at radius 3 is 2.20 bits per heavy atom. The molecule has 0 aromatic carbocycles. The minimum atomic E-state index is -1.40. The summed E-state index contributed by atoms with van der Waals surface area (Å²) in [5.74, 6) is -3.94. The third-order valence-corrected chi connectivity index (χ3v) is 2.48. The molecular formula is C10H13N3O7. The molecule has 1 atom stereocenters. The van der Waals surface area contributed by atoms with Gasteiger partial charge in [-0.05, 0) is 6.42 Å². The average Bonchev–Trinajstić information content (AvgIpc) is 2.32. The van der Waals surface area contributed by atoms with E-state index in [1.807, 2.05) is 5.32 Å². The standard InChI is InChI=1S/C10H13N3O7/c14-6-3-13(4-7(15)12-6)10(20)11-5(9(18)19)1-2-8(16)17/h5H,1-4H2,(H,11,20)(H,16,17)(H,18,19)(H,12,14,15). The zero-order chi connectivity index (χ0) is 15.3. The number of nitrogens with zero attached hydrogens (tertiary/aromatic N) is 1. The maximum absolute atomic E-state index is 11.7. The van der Waals surface area contributed by atoms with Gasteiger partial charge in [-0.25, -0.2) is 9.59 Å². The number of carboxylic acids is 2. The van der Waals surface area contributed by atoms with Crippen molar-refractivity contribution in [1.82, 2.24) is 15.5 Å². The first-order chi connectivity index (χ1) is 9.29. The van der Waals surface area contributed by atoms with Crippen molar-refractivity contribution >= 4 is 29.8 Å². The summed E-state index contributed by atoms with van der Waals surface area (Å²) in [6.07, 6.45) is -0.735. The van der Waals surface area contributed by atoms with E-state index in [1.54, 1.807) is 0 Å². The molecule has 0 saturated carbocycles. The van der Waals surface area contributed by atoms with Gasteiger partial charge in [0.25, 0.3) is 0 Å². The van der Waals surface area contributed by atoms with Crippen molar-refractivity contribution in [3.8, 4) is 0 Å². The number of amides is 4. The summed E-state index contributed by atoms with van der Waals surface area (Å²) in [5, 5.41) is 21.4. The maximum atomic E-state index is 11.7. The molecule has 10 nitrogen and oxygen atoms in total. The minimum absolute atomic E-state index is 0.301. The van der Waals surface area contributed by atoms with Gasteiger partial charge in [-0.2, -0.15) is 0 Å². The zero-order valence-electron chi connectivity index (χ0n) is 10.3. The molecule has 1 saturated heterocycles. The number of carbonyl (C=O) groups excluding carboxylic acids is 3. The molecular weight excluding hydrogens is 274 g/mol. The van der Waals surface area contributed by atoms with Crippen LogP contribution in [0.15, 0.2) is 0 Å². The van der Waals surface area contributed by atoms with E-state index in [-0.39, 0.29) is 19.5 Å². The molecule has 1 aliphatic rings. The number of imide groups is 1. The Morgan fingerprint density at radius 2 is 1.75 bits per heavy atom. The van der Waals surface area contributed by atoms with Crippen LogP contribution in [0.3, 0.4) is 0 Å². The molecule has 0 spiro atoms. The molecule has 1 aliphatic heterocycles. The van der Waals surface area contributed by atoms with Crippen LogP contribution >= 0.6 is 0 Å². The highest BCUT2D eigenvalue weighted by atomic mass is 16.4. The van der Waals surface area contributed by atoms with Crippen LogP contribution in [0.25, 0.3) is 0 Å². The van der Waals surface area contributed by atoms with Gasteiger partial charge in [0, 0.05) is 6.42 Å². The summed E-state index contributed by atoms with van der Waals surface area (Å²) in [6.45, 7) is -0.744. The third kappa shape index (κ3) is 4.55. The maximum Gasteiger partial charge on any atom is 0.326 e. The Labute approximate surface area is 112 Å². The molecule has 0 aliphatic carbocycles. The van der Waals surface area contributed by atoms with Gasteiger partial charge in [0.1, 0.15) is 19.1 Å². The zero-order valence-corrected chi connectivity index (χ0v) is 10.3. The normalized spacial score (nSPS) is 16.3. The fourth-order valence-corrected chi connectivity index (χ4v) is 1.55. The van der Waals surface area contributed by atoms with Crippen LogP contribution in [0.2, 0.25) is 0 Å². The van der Waals surface area contributed by atoms with Gasteiger partial charge in [0.2, 0.25) is 11.8 Å². The van der Waals surface area contributed by atoms with Gasteiger partial charge >= 0.3 is 18.0 Å². The van der Waals surface area contributed by atoms with Crippen molar-refractivity contribution < 1.29 is 34.2 Å². The first-order valence-electron chi connectivity index (χ1n) is 5.62. The number of hydrogen-bond acceptors (Lipinski definition) is 5. The lowest BCUT2D eigenvalue weighted by Gasteiger charge is -2.27. The lowest BCUT2D eigenvalue weighted by Crippen LogP contribution is -2.57. The van der Waals surface area contributed by atoms with Crippen LogP contribution in [-0.2, 0) is 19.2 Å². The van der Waals surface area contributed by atoms with Crippen LogP contribution in [0.1, 0.15) is 12.8 Å². The molecule has 1 fully saturated rings. The summed E-state index contributed by atoms with van der Waals surface area (Å²) in [6, 6.07) is -2.32. The van der Waals surface area contributed by atoms with Crippen LogP contribution in [0.4, 0.5) is 4.79 Å². The molecule has 0 radical (unpaired) electrons. The van der Waals surface area contributed by atoms with Crippen molar-refractivity contribution in [2.45, 2.75) is 18.9 Å². The molecule has 0 bridgehead atoms. The quantitative estimate of drug-likeness (QED) is 0.425. The number of carbonyl (C=O) groups is 5. The summed E-state index contributed by atoms with van der Waals surface area (Å²) >= 11 is 0. The molecule has 1 heterocycles. The number of rotatable bonds is 5. The summed E-state index contributed by atoms with van der Waals surface area (Å²) in [5.41, 5.74) is 0. The molecule has 0 aromatic rings. The van der Waals surface area contributed by atoms with Gasteiger partial charge in [0.15, 0.2) is 0 Å². The third-order valence-electron chi connectivity index (χ3n) is 2.48. The van der Waals surface area contributed by atoms with Crippen LogP contribution in [0, 0.1) is 0 Å². The first-order valence-corrected chi connectivity index (χ1v) is 5.62. The van der Waals surface area contributed by atoms with Gasteiger partial charge in [0.05, 0.1) is 0 Å². The average molecular weight is 287 g/mol. The second-order valence-corrected chi connectivity index (χ2v) is 4.10. The largest absolute Gasteiger partial charge is 0.481 e. The molecule has 4 amide bonds. The Balaban J connectivity index is 2.61. The Bertz CT molecular complexity index is 446. The van der Waals surface area contributed by atoms with Crippen LogP contribution in [-0.4, -0.2) is 64.0 Å². The van der Waals surface area contributed by atoms with E-state index in [0.717, 1.165) is 4.90 Å². The number of piperazine rings is 1. The lowest BCUT2D eigenvalue weighted by atomic mass is 10.1. The molecule has 110 valence electrons.